The standard InChI is InChI=1S/C17H31NO3SSi/c1-8-9-14-13(16(20)18(14)12-15(19)21-5)10-11-22-23(6,7)17(2,3)4/h8,13-14H,1,9-12H2,2-7H3/t13-,14-/m0/s1. The van der Waals surface area contributed by atoms with E-state index >= 15 is 0 Å². The van der Waals surface area contributed by atoms with Gasteiger partial charge in [0, 0.05) is 6.04 Å². The van der Waals surface area contributed by atoms with Crippen LogP contribution < -0.4 is 0 Å². The molecular weight excluding hydrogens is 326 g/mol. The molecule has 0 bridgehead atoms. The molecule has 0 spiro atoms. The zero-order chi connectivity index (χ0) is 17.8. The molecule has 1 amide bonds. The highest BCUT2D eigenvalue weighted by molar-refractivity contribution is 8.29. The van der Waals surface area contributed by atoms with Crippen molar-refractivity contribution in [1.82, 2.24) is 4.90 Å². The largest absolute Gasteiger partial charge is 0.468 e. The topological polar surface area (TPSA) is 46.6 Å². The van der Waals surface area contributed by atoms with Crippen molar-refractivity contribution in [3.05, 3.63) is 12.7 Å². The third kappa shape index (κ3) is 4.86. The quantitative estimate of drug-likeness (QED) is 0.288. The van der Waals surface area contributed by atoms with Gasteiger partial charge in [0.25, 0.3) is 0 Å². The van der Waals surface area contributed by atoms with Gasteiger partial charge in [0.1, 0.15) is 13.8 Å². The van der Waals surface area contributed by atoms with E-state index in [0.717, 1.165) is 18.6 Å². The summed E-state index contributed by atoms with van der Waals surface area (Å²) in [6, 6.07) is 0.0964. The van der Waals surface area contributed by atoms with Crippen molar-refractivity contribution in [1.29, 1.82) is 0 Å². The molecule has 1 rings (SSSR count). The fourth-order valence-corrected chi connectivity index (χ4v) is 7.01. The maximum absolute atomic E-state index is 12.3. The summed E-state index contributed by atoms with van der Waals surface area (Å²) in [4.78, 5) is 25.4. The highest BCUT2D eigenvalue weighted by Crippen LogP contribution is 2.44. The lowest BCUT2D eigenvalue weighted by molar-refractivity contribution is -0.163. The predicted octanol–water partition coefficient (Wildman–Crippen LogP) is 3.69. The number of likely N-dealkylation sites (tertiary alicyclic amines) is 1. The van der Waals surface area contributed by atoms with Crippen molar-refractivity contribution >= 4 is 30.3 Å². The fourth-order valence-electron chi connectivity index (χ4n) is 2.51. The first-order chi connectivity index (χ1) is 10.5. The van der Waals surface area contributed by atoms with Crippen molar-refractivity contribution in [2.45, 2.75) is 57.8 Å². The lowest BCUT2D eigenvalue weighted by Crippen LogP contribution is -2.62. The molecular formula is C17H31NO3SSi. The summed E-state index contributed by atoms with van der Waals surface area (Å²) in [5.74, 6) is 0.751. The Kier molecular flexibility index (Phi) is 6.95. The summed E-state index contributed by atoms with van der Waals surface area (Å²) in [6.45, 7) is 15.5. The van der Waals surface area contributed by atoms with Crippen LogP contribution in [-0.2, 0) is 14.3 Å². The molecule has 1 aliphatic heterocycles. The number of carbonyl (C=O) groups is 2. The number of β-lactam (4-membered cyclic amide) rings is 1. The SMILES string of the molecule is C=CC[C@H]1[C@H](CCS[Si](C)(C)C(C)(C)C)C(=O)N1CC(=O)OC. The summed E-state index contributed by atoms with van der Waals surface area (Å²) in [7, 11) is -0.0248. The minimum atomic E-state index is -1.37. The van der Waals surface area contributed by atoms with Gasteiger partial charge in [0.05, 0.1) is 13.0 Å². The Labute approximate surface area is 145 Å². The molecule has 1 aliphatic rings. The molecule has 6 heteroatoms. The summed E-state index contributed by atoms with van der Waals surface area (Å²) in [5, 5.41) is 0.346. The van der Waals surface area contributed by atoms with Gasteiger partial charge in [-0.15, -0.1) is 6.58 Å². The van der Waals surface area contributed by atoms with Crippen LogP contribution >= 0.6 is 11.2 Å². The van der Waals surface area contributed by atoms with E-state index in [-0.39, 0.29) is 30.4 Å². The van der Waals surface area contributed by atoms with Gasteiger partial charge >= 0.3 is 5.97 Å². The molecule has 0 unspecified atom stereocenters. The zero-order valence-electron chi connectivity index (χ0n) is 15.3. The molecule has 132 valence electrons. The maximum Gasteiger partial charge on any atom is 0.325 e. The highest BCUT2D eigenvalue weighted by atomic mass is 32.4. The monoisotopic (exact) mass is 357 g/mol. The average molecular weight is 358 g/mol. The summed E-state index contributed by atoms with van der Waals surface area (Å²) >= 11 is 2.06. The maximum atomic E-state index is 12.3. The first kappa shape index (κ1) is 20.3. The smallest absolute Gasteiger partial charge is 0.325 e. The summed E-state index contributed by atoms with van der Waals surface area (Å²) in [6.07, 6.45) is 3.44. The predicted molar refractivity (Wildman–Crippen MR) is 100 cm³/mol. The Bertz CT molecular complexity index is 459. The van der Waals surface area contributed by atoms with Gasteiger partial charge in [-0.2, -0.15) is 11.2 Å². The van der Waals surface area contributed by atoms with E-state index in [4.69, 9.17) is 0 Å². The molecule has 0 N–H and O–H groups in total. The first-order valence-corrected chi connectivity index (χ1v) is 12.9. The van der Waals surface area contributed by atoms with Crippen LogP contribution in [0.15, 0.2) is 12.7 Å². The van der Waals surface area contributed by atoms with Crippen molar-refractivity contribution < 1.29 is 14.3 Å². The second-order valence-electron chi connectivity index (χ2n) is 7.64. The minimum Gasteiger partial charge on any atom is -0.468 e. The molecule has 0 aromatic heterocycles. The second kappa shape index (κ2) is 7.88. The Morgan fingerprint density at radius 3 is 2.52 bits per heavy atom. The second-order valence-corrected chi connectivity index (χ2v) is 16.8. The number of amides is 1. The molecule has 2 atom stereocenters. The molecule has 0 aromatic carbocycles. The van der Waals surface area contributed by atoms with E-state index in [1.54, 1.807) is 4.90 Å². The number of hydrogen-bond acceptors (Lipinski definition) is 4. The van der Waals surface area contributed by atoms with E-state index in [0.29, 0.717) is 5.04 Å². The van der Waals surface area contributed by atoms with Crippen molar-refractivity contribution in [2.24, 2.45) is 5.92 Å². The van der Waals surface area contributed by atoms with Crippen LogP contribution in [0.25, 0.3) is 0 Å². The molecule has 4 nitrogen and oxygen atoms in total. The molecule has 0 aliphatic carbocycles. The number of carbonyl (C=O) groups excluding carboxylic acids is 2. The lowest BCUT2D eigenvalue weighted by Gasteiger charge is -2.47. The number of ether oxygens (including phenoxy) is 1. The van der Waals surface area contributed by atoms with Crippen molar-refractivity contribution in [3.8, 4) is 0 Å². The van der Waals surface area contributed by atoms with Gasteiger partial charge in [-0.1, -0.05) is 39.9 Å². The van der Waals surface area contributed by atoms with Crippen LogP contribution in [0.1, 0.15) is 33.6 Å². The number of hydrogen-bond donors (Lipinski definition) is 0. The van der Waals surface area contributed by atoms with Crippen LogP contribution in [-0.4, -0.2) is 49.4 Å². The van der Waals surface area contributed by atoms with Crippen LogP contribution in [0, 0.1) is 5.92 Å². The van der Waals surface area contributed by atoms with E-state index in [1.165, 1.54) is 7.11 Å². The Balaban J connectivity index is 2.58. The number of methoxy groups -OCH3 is 1. The van der Waals surface area contributed by atoms with E-state index in [1.807, 2.05) is 6.08 Å². The van der Waals surface area contributed by atoms with Gasteiger partial charge in [-0.25, -0.2) is 0 Å². The lowest BCUT2D eigenvalue weighted by atomic mass is 9.83. The van der Waals surface area contributed by atoms with Crippen LogP contribution in [0.2, 0.25) is 18.1 Å². The third-order valence-corrected chi connectivity index (χ3v) is 14.5. The number of esters is 1. The Morgan fingerprint density at radius 1 is 1.43 bits per heavy atom. The normalized spacial score (nSPS) is 21.8. The van der Waals surface area contributed by atoms with E-state index in [2.05, 4.69) is 56.4 Å². The molecule has 23 heavy (non-hydrogen) atoms. The van der Waals surface area contributed by atoms with Crippen LogP contribution in [0.5, 0.6) is 0 Å². The van der Waals surface area contributed by atoms with Crippen LogP contribution in [0.3, 0.4) is 0 Å². The van der Waals surface area contributed by atoms with Crippen molar-refractivity contribution in [2.75, 3.05) is 19.4 Å². The van der Waals surface area contributed by atoms with Gasteiger partial charge in [0.15, 0.2) is 0 Å². The van der Waals surface area contributed by atoms with Gasteiger partial charge in [0.2, 0.25) is 5.91 Å². The number of rotatable bonds is 8. The van der Waals surface area contributed by atoms with Crippen molar-refractivity contribution in [3.63, 3.8) is 0 Å². The zero-order valence-corrected chi connectivity index (χ0v) is 17.2. The molecule has 1 saturated heterocycles. The first-order valence-electron chi connectivity index (χ1n) is 8.17. The molecule has 0 radical (unpaired) electrons. The van der Waals surface area contributed by atoms with E-state index < -0.39 is 7.22 Å². The molecule has 1 heterocycles. The molecule has 0 saturated carbocycles. The van der Waals surface area contributed by atoms with E-state index in [9.17, 15) is 9.59 Å². The summed E-state index contributed by atoms with van der Waals surface area (Å²) < 4.78 is 4.67. The molecule has 0 aromatic rings. The third-order valence-electron chi connectivity index (χ3n) is 5.10. The number of nitrogens with zero attached hydrogens (tertiary/aromatic N) is 1. The fraction of sp³-hybridized carbons (Fsp3) is 0.765. The van der Waals surface area contributed by atoms with Gasteiger partial charge in [-0.3, -0.25) is 9.59 Å². The Hall–Kier alpha value is -0.753. The average Bonchev–Trinajstić information content (AvgIpc) is 2.46. The van der Waals surface area contributed by atoms with Crippen LogP contribution in [0.4, 0.5) is 0 Å². The van der Waals surface area contributed by atoms with Gasteiger partial charge < -0.3 is 9.64 Å². The minimum absolute atomic E-state index is 0.0231. The Morgan fingerprint density at radius 2 is 2.04 bits per heavy atom. The van der Waals surface area contributed by atoms with Gasteiger partial charge in [-0.05, 0) is 23.6 Å². The molecule has 1 fully saturated rings. The highest BCUT2D eigenvalue weighted by Gasteiger charge is 2.47. The summed E-state index contributed by atoms with van der Waals surface area (Å²) in [5.41, 5.74) is 0.